The Labute approximate surface area is 113 Å². The van der Waals surface area contributed by atoms with Crippen molar-refractivity contribution in [3.05, 3.63) is 28.8 Å². The molecule has 0 unspecified atom stereocenters. The van der Waals surface area contributed by atoms with Crippen LogP contribution in [0.2, 0.25) is 5.02 Å². The van der Waals surface area contributed by atoms with Gasteiger partial charge < -0.3 is 4.90 Å². The van der Waals surface area contributed by atoms with Crippen molar-refractivity contribution >= 4 is 17.3 Å². The standard InChI is InChI=1S/C14H16ClN3/c15-14-9-13(2-1-11(14)10-16)18-7-5-17(6-8-18)12-3-4-12/h1-2,9,12H,3-8H2. The van der Waals surface area contributed by atoms with Gasteiger partial charge in [-0.2, -0.15) is 5.26 Å². The molecule has 1 heterocycles. The first kappa shape index (κ1) is 11.8. The van der Waals surface area contributed by atoms with Gasteiger partial charge in [0.1, 0.15) is 6.07 Å². The Morgan fingerprint density at radius 2 is 1.89 bits per heavy atom. The molecule has 1 aliphatic carbocycles. The van der Waals surface area contributed by atoms with Crippen molar-refractivity contribution in [3.63, 3.8) is 0 Å². The van der Waals surface area contributed by atoms with Crippen LogP contribution in [0.15, 0.2) is 18.2 Å². The van der Waals surface area contributed by atoms with Gasteiger partial charge in [0.25, 0.3) is 0 Å². The Morgan fingerprint density at radius 3 is 2.44 bits per heavy atom. The summed E-state index contributed by atoms with van der Waals surface area (Å²) in [6.45, 7) is 4.39. The van der Waals surface area contributed by atoms with Crippen LogP contribution in [0.5, 0.6) is 0 Å². The maximum Gasteiger partial charge on any atom is 0.101 e. The summed E-state index contributed by atoms with van der Waals surface area (Å²) in [4.78, 5) is 4.94. The van der Waals surface area contributed by atoms with Crippen LogP contribution in [-0.2, 0) is 0 Å². The number of nitrogens with zero attached hydrogens (tertiary/aromatic N) is 3. The van der Waals surface area contributed by atoms with Gasteiger partial charge in [0.15, 0.2) is 0 Å². The Kier molecular flexibility index (Phi) is 3.15. The van der Waals surface area contributed by atoms with E-state index in [0.717, 1.165) is 37.9 Å². The fourth-order valence-electron chi connectivity index (χ4n) is 2.58. The first-order valence-corrected chi connectivity index (χ1v) is 6.84. The zero-order valence-corrected chi connectivity index (χ0v) is 11.0. The highest BCUT2D eigenvalue weighted by atomic mass is 35.5. The molecule has 2 aliphatic rings. The second-order valence-corrected chi connectivity index (χ2v) is 5.44. The lowest BCUT2D eigenvalue weighted by Gasteiger charge is -2.36. The highest BCUT2D eigenvalue weighted by Gasteiger charge is 2.31. The van der Waals surface area contributed by atoms with Crippen LogP contribution < -0.4 is 4.90 Å². The second-order valence-electron chi connectivity index (χ2n) is 5.03. The SMILES string of the molecule is N#Cc1ccc(N2CCN(C3CC3)CC2)cc1Cl. The maximum absolute atomic E-state index is 8.87. The van der Waals surface area contributed by atoms with Gasteiger partial charge in [-0.15, -0.1) is 0 Å². The molecular weight excluding hydrogens is 246 g/mol. The smallest absolute Gasteiger partial charge is 0.101 e. The van der Waals surface area contributed by atoms with Crippen LogP contribution in [0.4, 0.5) is 5.69 Å². The predicted molar refractivity (Wildman–Crippen MR) is 73.0 cm³/mol. The first-order valence-electron chi connectivity index (χ1n) is 6.46. The first-order chi connectivity index (χ1) is 8.78. The van der Waals surface area contributed by atoms with Crippen molar-refractivity contribution in [1.29, 1.82) is 5.26 Å². The average Bonchev–Trinajstić information content (AvgIpc) is 3.23. The van der Waals surface area contributed by atoms with Crippen LogP contribution in [0.1, 0.15) is 18.4 Å². The van der Waals surface area contributed by atoms with E-state index in [1.165, 1.54) is 12.8 Å². The van der Waals surface area contributed by atoms with Gasteiger partial charge in [-0.05, 0) is 31.0 Å². The molecule has 1 aromatic carbocycles. The zero-order valence-electron chi connectivity index (χ0n) is 10.3. The normalized spacial score (nSPS) is 20.8. The van der Waals surface area contributed by atoms with Crippen molar-refractivity contribution in [1.82, 2.24) is 4.90 Å². The molecule has 2 fully saturated rings. The van der Waals surface area contributed by atoms with E-state index >= 15 is 0 Å². The van der Waals surface area contributed by atoms with Crippen molar-refractivity contribution in [2.75, 3.05) is 31.1 Å². The van der Waals surface area contributed by atoms with Crippen molar-refractivity contribution in [2.45, 2.75) is 18.9 Å². The largest absolute Gasteiger partial charge is 0.369 e. The van der Waals surface area contributed by atoms with E-state index in [9.17, 15) is 0 Å². The third kappa shape index (κ3) is 2.31. The third-order valence-electron chi connectivity index (χ3n) is 3.82. The summed E-state index contributed by atoms with van der Waals surface area (Å²) >= 11 is 6.08. The van der Waals surface area contributed by atoms with Crippen LogP contribution >= 0.6 is 11.6 Å². The van der Waals surface area contributed by atoms with Gasteiger partial charge in [0, 0.05) is 37.9 Å². The summed E-state index contributed by atoms with van der Waals surface area (Å²) in [5.41, 5.74) is 1.69. The van der Waals surface area contributed by atoms with Gasteiger partial charge in [-0.25, -0.2) is 0 Å². The molecule has 0 bridgehead atoms. The fraction of sp³-hybridized carbons (Fsp3) is 0.500. The van der Waals surface area contributed by atoms with Gasteiger partial charge >= 0.3 is 0 Å². The summed E-state index contributed by atoms with van der Waals surface area (Å²) in [5, 5.41) is 9.42. The Hall–Kier alpha value is -1.24. The maximum atomic E-state index is 8.87. The number of hydrogen-bond acceptors (Lipinski definition) is 3. The quantitative estimate of drug-likeness (QED) is 0.819. The minimum Gasteiger partial charge on any atom is -0.369 e. The molecule has 94 valence electrons. The van der Waals surface area contributed by atoms with E-state index in [1.807, 2.05) is 18.2 Å². The van der Waals surface area contributed by atoms with Crippen LogP contribution in [-0.4, -0.2) is 37.1 Å². The van der Waals surface area contributed by atoms with Gasteiger partial charge in [0.2, 0.25) is 0 Å². The minimum atomic E-state index is 0.553. The molecule has 0 spiro atoms. The van der Waals surface area contributed by atoms with Crippen molar-refractivity contribution < 1.29 is 0 Å². The number of hydrogen-bond donors (Lipinski definition) is 0. The summed E-state index contributed by atoms with van der Waals surface area (Å²) in [6.07, 6.45) is 2.76. The van der Waals surface area contributed by atoms with Crippen LogP contribution in [0, 0.1) is 11.3 Å². The molecule has 0 atom stereocenters. The molecular formula is C14H16ClN3. The van der Waals surface area contributed by atoms with E-state index < -0.39 is 0 Å². The number of nitriles is 1. The van der Waals surface area contributed by atoms with Crippen molar-refractivity contribution in [3.8, 4) is 6.07 Å². The van der Waals surface area contributed by atoms with Crippen molar-refractivity contribution in [2.24, 2.45) is 0 Å². The highest BCUT2D eigenvalue weighted by Crippen LogP contribution is 2.29. The number of benzene rings is 1. The highest BCUT2D eigenvalue weighted by molar-refractivity contribution is 6.32. The molecule has 1 saturated heterocycles. The summed E-state index contributed by atoms with van der Waals surface area (Å²) in [5.74, 6) is 0. The molecule has 0 aromatic heterocycles. The zero-order chi connectivity index (χ0) is 12.5. The average molecular weight is 262 g/mol. The molecule has 3 rings (SSSR count). The predicted octanol–water partition coefficient (Wildman–Crippen LogP) is 2.50. The minimum absolute atomic E-state index is 0.553. The number of rotatable bonds is 2. The summed E-state index contributed by atoms with van der Waals surface area (Å²) in [7, 11) is 0. The lowest BCUT2D eigenvalue weighted by atomic mass is 10.2. The molecule has 1 aliphatic heterocycles. The third-order valence-corrected chi connectivity index (χ3v) is 4.13. The van der Waals surface area contributed by atoms with E-state index in [2.05, 4.69) is 15.9 Å². The van der Waals surface area contributed by atoms with E-state index in [0.29, 0.717) is 10.6 Å². The molecule has 1 aromatic rings. The topological polar surface area (TPSA) is 30.3 Å². The van der Waals surface area contributed by atoms with Crippen LogP contribution in [0.25, 0.3) is 0 Å². The van der Waals surface area contributed by atoms with E-state index in [-0.39, 0.29) is 0 Å². The lowest BCUT2D eigenvalue weighted by Crippen LogP contribution is -2.47. The molecule has 0 amide bonds. The summed E-state index contributed by atoms with van der Waals surface area (Å²) < 4.78 is 0. The van der Waals surface area contributed by atoms with Gasteiger partial charge in [0.05, 0.1) is 10.6 Å². The van der Waals surface area contributed by atoms with Gasteiger partial charge in [-0.3, -0.25) is 4.90 Å². The number of piperazine rings is 1. The number of halogens is 1. The molecule has 3 nitrogen and oxygen atoms in total. The lowest BCUT2D eigenvalue weighted by molar-refractivity contribution is 0.248. The molecule has 0 N–H and O–H groups in total. The Morgan fingerprint density at radius 1 is 1.17 bits per heavy atom. The Balaban J connectivity index is 1.68. The number of anilines is 1. The molecule has 1 saturated carbocycles. The summed E-state index contributed by atoms with van der Waals surface area (Å²) in [6, 6.07) is 8.67. The second kappa shape index (κ2) is 4.79. The van der Waals surface area contributed by atoms with Gasteiger partial charge in [-0.1, -0.05) is 11.6 Å². The molecule has 4 heteroatoms. The monoisotopic (exact) mass is 261 g/mol. The fourth-order valence-corrected chi connectivity index (χ4v) is 2.79. The van der Waals surface area contributed by atoms with E-state index in [4.69, 9.17) is 16.9 Å². The molecule has 0 radical (unpaired) electrons. The molecule has 18 heavy (non-hydrogen) atoms. The Bertz CT molecular complexity index is 482. The van der Waals surface area contributed by atoms with Crippen LogP contribution in [0.3, 0.4) is 0 Å². The van der Waals surface area contributed by atoms with E-state index in [1.54, 1.807) is 0 Å².